The zero-order valence-corrected chi connectivity index (χ0v) is 14.4. The number of nitrogens with one attached hydrogen (secondary N) is 1. The van der Waals surface area contributed by atoms with Crippen molar-refractivity contribution in [3.05, 3.63) is 65.0 Å². The van der Waals surface area contributed by atoms with Crippen molar-refractivity contribution in [2.24, 2.45) is 0 Å². The van der Waals surface area contributed by atoms with Crippen LogP contribution in [0.5, 0.6) is 5.75 Å². The van der Waals surface area contributed by atoms with Crippen LogP contribution >= 0.6 is 11.3 Å². The fraction of sp³-hybridized carbons (Fsp3) is 0.158. The molecule has 0 aliphatic heterocycles. The molecule has 0 radical (unpaired) electrons. The highest BCUT2D eigenvalue weighted by Gasteiger charge is 2.14. The van der Waals surface area contributed by atoms with Crippen LogP contribution in [0.3, 0.4) is 0 Å². The first-order chi connectivity index (χ1) is 11.7. The van der Waals surface area contributed by atoms with Gasteiger partial charge in [-0.3, -0.25) is 10.1 Å². The molecule has 1 N–H and O–H groups in total. The van der Waals surface area contributed by atoms with Crippen LogP contribution in [0.25, 0.3) is 11.3 Å². The summed E-state index contributed by atoms with van der Waals surface area (Å²) >= 11 is 1.51. The molecule has 1 aromatic heterocycles. The van der Waals surface area contributed by atoms with Gasteiger partial charge in [-0.1, -0.05) is 43.3 Å². The normalized spacial score (nSPS) is 10.4. The highest BCUT2D eigenvalue weighted by molar-refractivity contribution is 7.16. The minimum Gasteiger partial charge on any atom is -0.497 e. The number of aryl methyl sites for hydroxylation is 1. The molecule has 0 unspecified atom stereocenters. The maximum atomic E-state index is 12.4. The van der Waals surface area contributed by atoms with Gasteiger partial charge >= 0.3 is 0 Å². The number of ether oxygens (including phenoxy) is 1. The molecule has 0 atom stereocenters. The summed E-state index contributed by atoms with van der Waals surface area (Å²) in [4.78, 5) is 18.2. The van der Waals surface area contributed by atoms with Crippen molar-refractivity contribution in [3.63, 3.8) is 0 Å². The van der Waals surface area contributed by atoms with Crippen molar-refractivity contribution in [1.82, 2.24) is 4.98 Å². The number of hydrogen-bond donors (Lipinski definition) is 1. The van der Waals surface area contributed by atoms with E-state index < -0.39 is 0 Å². The molecular weight excluding hydrogens is 320 g/mol. The van der Waals surface area contributed by atoms with E-state index in [1.165, 1.54) is 11.3 Å². The fourth-order valence-corrected chi connectivity index (χ4v) is 3.32. The molecule has 0 saturated carbocycles. The van der Waals surface area contributed by atoms with E-state index >= 15 is 0 Å². The molecule has 0 fully saturated rings. The Balaban J connectivity index is 1.85. The van der Waals surface area contributed by atoms with E-state index in [0.717, 1.165) is 22.6 Å². The minimum atomic E-state index is -0.190. The Kier molecular flexibility index (Phi) is 4.91. The van der Waals surface area contributed by atoms with Crippen LogP contribution in [-0.4, -0.2) is 18.0 Å². The standard InChI is InChI=1S/C19H18N2O2S/c1-3-16-17(13-8-5-4-6-9-13)20-19(24-16)21-18(22)14-10-7-11-15(12-14)23-2/h4-12H,3H2,1-2H3,(H,20,21,22). The Labute approximate surface area is 145 Å². The summed E-state index contributed by atoms with van der Waals surface area (Å²) in [5.41, 5.74) is 2.54. The van der Waals surface area contributed by atoms with Crippen molar-refractivity contribution in [1.29, 1.82) is 0 Å². The molecule has 3 rings (SSSR count). The first kappa shape index (κ1) is 16.2. The van der Waals surface area contributed by atoms with Crippen molar-refractivity contribution in [2.45, 2.75) is 13.3 Å². The van der Waals surface area contributed by atoms with Crippen LogP contribution in [0, 0.1) is 0 Å². The number of methoxy groups -OCH3 is 1. The zero-order chi connectivity index (χ0) is 16.9. The number of benzene rings is 2. The van der Waals surface area contributed by atoms with E-state index in [1.54, 1.807) is 25.3 Å². The van der Waals surface area contributed by atoms with Crippen molar-refractivity contribution >= 4 is 22.4 Å². The number of amides is 1. The van der Waals surface area contributed by atoms with Gasteiger partial charge in [0, 0.05) is 16.0 Å². The van der Waals surface area contributed by atoms with Crippen LogP contribution < -0.4 is 10.1 Å². The molecule has 0 aliphatic carbocycles. The lowest BCUT2D eigenvalue weighted by molar-refractivity contribution is 0.102. The summed E-state index contributed by atoms with van der Waals surface area (Å²) in [7, 11) is 1.58. The first-order valence-corrected chi connectivity index (χ1v) is 8.53. The quantitative estimate of drug-likeness (QED) is 0.738. The van der Waals surface area contributed by atoms with Gasteiger partial charge in [0.05, 0.1) is 12.8 Å². The lowest BCUT2D eigenvalue weighted by Gasteiger charge is -2.04. The number of carbonyl (C=O) groups is 1. The van der Waals surface area contributed by atoms with Crippen molar-refractivity contribution in [2.75, 3.05) is 12.4 Å². The predicted octanol–water partition coefficient (Wildman–Crippen LogP) is 4.63. The average molecular weight is 338 g/mol. The highest BCUT2D eigenvalue weighted by Crippen LogP contribution is 2.31. The third-order valence-corrected chi connectivity index (χ3v) is 4.73. The Morgan fingerprint density at radius 3 is 2.67 bits per heavy atom. The number of thiazole rings is 1. The minimum absolute atomic E-state index is 0.190. The van der Waals surface area contributed by atoms with E-state index in [-0.39, 0.29) is 5.91 Å². The summed E-state index contributed by atoms with van der Waals surface area (Å²) in [5, 5.41) is 3.50. The van der Waals surface area contributed by atoms with Gasteiger partial charge < -0.3 is 4.74 Å². The smallest absolute Gasteiger partial charge is 0.257 e. The molecule has 1 amide bonds. The number of aromatic nitrogens is 1. The lowest BCUT2D eigenvalue weighted by Crippen LogP contribution is -2.11. The maximum absolute atomic E-state index is 12.4. The molecule has 0 saturated heterocycles. The SMILES string of the molecule is CCc1sc(NC(=O)c2cccc(OC)c2)nc1-c1ccccc1. The summed E-state index contributed by atoms with van der Waals surface area (Å²) in [6.07, 6.45) is 0.872. The van der Waals surface area contributed by atoms with Crippen LogP contribution in [0.1, 0.15) is 22.2 Å². The van der Waals surface area contributed by atoms with Crippen molar-refractivity contribution < 1.29 is 9.53 Å². The van der Waals surface area contributed by atoms with E-state index in [4.69, 9.17) is 4.74 Å². The molecule has 5 heteroatoms. The molecule has 2 aromatic carbocycles. The van der Waals surface area contributed by atoms with Gasteiger partial charge in [0.25, 0.3) is 5.91 Å². The maximum Gasteiger partial charge on any atom is 0.257 e. The van der Waals surface area contributed by atoms with Gasteiger partial charge in [-0.25, -0.2) is 4.98 Å². The number of rotatable bonds is 5. The highest BCUT2D eigenvalue weighted by atomic mass is 32.1. The fourth-order valence-electron chi connectivity index (χ4n) is 2.40. The largest absolute Gasteiger partial charge is 0.497 e. The van der Waals surface area contributed by atoms with E-state index in [9.17, 15) is 4.79 Å². The number of carbonyl (C=O) groups excluding carboxylic acids is 1. The second-order valence-electron chi connectivity index (χ2n) is 5.20. The summed E-state index contributed by atoms with van der Waals surface area (Å²) in [6, 6.07) is 17.1. The van der Waals surface area contributed by atoms with Crippen molar-refractivity contribution in [3.8, 4) is 17.0 Å². The van der Waals surface area contributed by atoms with Gasteiger partial charge in [0.1, 0.15) is 5.75 Å². The average Bonchev–Trinajstić information content (AvgIpc) is 3.05. The number of anilines is 1. The Morgan fingerprint density at radius 1 is 1.17 bits per heavy atom. The van der Waals surface area contributed by atoms with Gasteiger partial charge in [-0.2, -0.15) is 0 Å². The van der Waals surface area contributed by atoms with Crippen LogP contribution in [-0.2, 0) is 6.42 Å². The second kappa shape index (κ2) is 7.27. The van der Waals surface area contributed by atoms with E-state index in [0.29, 0.717) is 16.4 Å². The molecule has 0 spiro atoms. The Morgan fingerprint density at radius 2 is 1.96 bits per heavy atom. The third kappa shape index (κ3) is 3.46. The second-order valence-corrected chi connectivity index (χ2v) is 6.28. The zero-order valence-electron chi connectivity index (χ0n) is 13.6. The summed E-state index contributed by atoms with van der Waals surface area (Å²) < 4.78 is 5.16. The number of hydrogen-bond acceptors (Lipinski definition) is 4. The summed E-state index contributed by atoms with van der Waals surface area (Å²) in [5.74, 6) is 0.464. The van der Waals surface area contributed by atoms with Gasteiger partial charge in [0.15, 0.2) is 5.13 Å². The monoisotopic (exact) mass is 338 g/mol. The first-order valence-electron chi connectivity index (χ1n) is 7.71. The molecule has 3 aromatic rings. The van der Waals surface area contributed by atoms with Crippen LogP contribution in [0.15, 0.2) is 54.6 Å². The molecular formula is C19H18N2O2S. The Bertz CT molecular complexity index is 844. The topological polar surface area (TPSA) is 51.2 Å². The van der Waals surface area contributed by atoms with Crippen LogP contribution in [0.4, 0.5) is 5.13 Å². The predicted molar refractivity (Wildman–Crippen MR) is 97.9 cm³/mol. The Hall–Kier alpha value is -2.66. The van der Waals surface area contributed by atoms with Gasteiger partial charge in [-0.05, 0) is 24.6 Å². The molecule has 122 valence electrons. The third-order valence-electron chi connectivity index (χ3n) is 3.62. The van der Waals surface area contributed by atoms with Crippen LogP contribution in [0.2, 0.25) is 0 Å². The van der Waals surface area contributed by atoms with E-state index in [1.807, 2.05) is 36.4 Å². The molecule has 1 heterocycles. The number of nitrogens with zero attached hydrogens (tertiary/aromatic N) is 1. The lowest BCUT2D eigenvalue weighted by atomic mass is 10.1. The molecule has 0 bridgehead atoms. The van der Waals surface area contributed by atoms with E-state index in [2.05, 4.69) is 17.2 Å². The summed E-state index contributed by atoms with van der Waals surface area (Å²) in [6.45, 7) is 2.09. The van der Waals surface area contributed by atoms with Gasteiger partial charge in [-0.15, -0.1) is 11.3 Å². The molecule has 24 heavy (non-hydrogen) atoms. The molecule has 0 aliphatic rings. The molecule has 4 nitrogen and oxygen atoms in total. The van der Waals surface area contributed by atoms with Gasteiger partial charge in [0.2, 0.25) is 0 Å².